The second kappa shape index (κ2) is 3.40. The molecular weight excluding hydrogens is 204 g/mol. The zero-order chi connectivity index (χ0) is 11.1. The molecule has 84 valence electrons. The first kappa shape index (κ1) is 9.51. The third-order valence-electron chi connectivity index (χ3n) is 3.19. The number of benzene rings is 1. The van der Waals surface area contributed by atoms with Gasteiger partial charge in [-0.05, 0) is 37.1 Å². The molecule has 0 atom stereocenters. The summed E-state index contributed by atoms with van der Waals surface area (Å²) in [6.07, 6.45) is 2.30. The van der Waals surface area contributed by atoms with Crippen LogP contribution < -0.4 is 4.90 Å². The highest BCUT2D eigenvalue weighted by atomic mass is 16.3. The topological polar surface area (TPSA) is 43.8 Å². The molecule has 0 radical (unpaired) electrons. The van der Waals surface area contributed by atoms with Crippen molar-refractivity contribution in [3.05, 3.63) is 24.3 Å². The van der Waals surface area contributed by atoms with E-state index in [-0.39, 0.29) is 11.8 Å². The Kier molecular flexibility index (Phi) is 2.02. The Morgan fingerprint density at radius 2 is 1.81 bits per heavy atom. The van der Waals surface area contributed by atoms with Crippen molar-refractivity contribution in [1.82, 2.24) is 4.90 Å². The molecule has 1 aliphatic carbocycles. The highest BCUT2D eigenvalue weighted by Crippen LogP contribution is 2.32. The number of hydrogen-bond acceptors (Lipinski definition) is 2. The largest absolute Gasteiger partial charge is 0.508 e. The summed E-state index contributed by atoms with van der Waals surface area (Å²) in [5.41, 5.74) is 0.867. The lowest BCUT2D eigenvalue weighted by Gasteiger charge is -2.18. The number of nitrogens with zero attached hydrogens (tertiary/aromatic N) is 2. The van der Waals surface area contributed by atoms with Gasteiger partial charge in [0.2, 0.25) is 0 Å². The summed E-state index contributed by atoms with van der Waals surface area (Å²) < 4.78 is 0. The first-order chi connectivity index (χ1) is 7.75. The number of carbonyl (C=O) groups excluding carboxylic acids is 1. The van der Waals surface area contributed by atoms with Crippen LogP contribution in [0.25, 0.3) is 0 Å². The van der Waals surface area contributed by atoms with Crippen LogP contribution in [0.1, 0.15) is 12.8 Å². The molecule has 4 nitrogen and oxygen atoms in total. The fourth-order valence-corrected chi connectivity index (χ4v) is 2.15. The van der Waals surface area contributed by atoms with Crippen LogP contribution in [0.3, 0.4) is 0 Å². The molecule has 0 aromatic heterocycles. The smallest absolute Gasteiger partial charge is 0.324 e. The molecule has 4 heteroatoms. The Morgan fingerprint density at radius 3 is 2.44 bits per heavy atom. The molecule has 1 N–H and O–H groups in total. The minimum atomic E-state index is 0.105. The number of rotatable bonds is 2. The van der Waals surface area contributed by atoms with Crippen molar-refractivity contribution < 1.29 is 9.90 Å². The Hall–Kier alpha value is -1.71. The average Bonchev–Trinajstić information content (AvgIpc) is 3.05. The minimum absolute atomic E-state index is 0.105. The standard InChI is InChI=1S/C12H14N2O2/c15-11-5-3-10(4-6-11)14-8-7-13(12(14)16)9-1-2-9/h3-6,9,15H,1-2,7-8H2. The van der Waals surface area contributed by atoms with Crippen LogP contribution in [0.15, 0.2) is 24.3 Å². The predicted octanol–water partition coefficient (Wildman–Crippen LogP) is 1.80. The van der Waals surface area contributed by atoms with E-state index in [0.717, 1.165) is 31.6 Å². The van der Waals surface area contributed by atoms with Gasteiger partial charge in [-0.2, -0.15) is 0 Å². The van der Waals surface area contributed by atoms with E-state index in [9.17, 15) is 9.90 Å². The van der Waals surface area contributed by atoms with E-state index in [2.05, 4.69) is 0 Å². The number of phenols is 1. The number of aromatic hydroxyl groups is 1. The molecular formula is C12H14N2O2. The molecule has 2 aliphatic rings. The lowest BCUT2D eigenvalue weighted by atomic mass is 10.3. The fraction of sp³-hybridized carbons (Fsp3) is 0.417. The number of amides is 2. The molecule has 0 unspecified atom stereocenters. The van der Waals surface area contributed by atoms with Gasteiger partial charge in [0.15, 0.2) is 0 Å². The maximum Gasteiger partial charge on any atom is 0.324 e. The SMILES string of the molecule is O=C1N(c2ccc(O)cc2)CCN1C1CC1. The molecule has 0 spiro atoms. The quantitative estimate of drug-likeness (QED) is 0.822. The van der Waals surface area contributed by atoms with E-state index in [1.807, 2.05) is 4.90 Å². The van der Waals surface area contributed by atoms with Crippen LogP contribution in [-0.4, -0.2) is 35.2 Å². The maximum absolute atomic E-state index is 12.1. The van der Waals surface area contributed by atoms with Crippen LogP contribution in [0.4, 0.5) is 10.5 Å². The van der Waals surface area contributed by atoms with Crippen LogP contribution in [0.2, 0.25) is 0 Å². The third kappa shape index (κ3) is 1.50. The number of anilines is 1. The van der Waals surface area contributed by atoms with Crippen LogP contribution in [-0.2, 0) is 0 Å². The minimum Gasteiger partial charge on any atom is -0.508 e. The number of urea groups is 1. The molecule has 1 saturated heterocycles. The molecule has 2 fully saturated rings. The van der Waals surface area contributed by atoms with E-state index in [1.54, 1.807) is 29.2 Å². The zero-order valence-electron chi connectivity index (χ0n) is 8.97. The third-order valence-corrected chi connectivity index (χ3v) is 3.19. The van der Waals surface area contributed by atoms with Crippen molar-refractivity contribution in [3.8, 4) is 5.75 Å². The van der Waals surface area contributed by atoms with Crippen molar-refractivity contribution in [2.24, 2.45) is 0 Å². The summed E-state index contributed by atoms with van der Waals surface area (Å²) in [5.74, 6) is 0.231. The second-order valence-corrected chi connectivity index (χ2v) is 4.38. The van der Waals surface area contributed by atoms with E-state index in [4.69, 9.17) is 0 Å². The molecule has 1 aromatic rings. The van der Waals surface area contributed by atoms with E-state index in [1.165, 1.54) is 0 Å². The van der Waals surface area contributed by atoms with Gasteiger partial charge < -0.3 is 10.0 Å². The van der Waals surface area contributed by atoms with Crippen molar-refractivity contribution >= 4 is 11.7 Å². The summed E-state index contributed by atoms with van der Waals surface area (Å²) in [5, 5.41) is 9.20. The molecule has 0 bridgehead atoms. The van der Waals surface area contributed by atoms with Gasteiger partial charge in [0.05, 0.1) is 0 Å². The molecule has 16 heavy (non-hydrogen) atoms. The molecule has 3 rings (SSSR count). The summed E-state index contributed by atoms with van der Waals surface area (Å²) in [7, 11) is 0. The summed E-state index contributed by atoms with van der Waals surface area (Å²) in [4.78, 5) is 15.8. The monoisotopic (exact) mass is 218 g/mol. The van der Waals surface area contributed by atoms with Crippen molar-refractivity contribution in [2.75, 3.05) is 18.0 Å². The van der Waals surface area contributed by atoms with Gasteiger partial charge in [0.25, 0.3) is 0 Å². The van der Waals surface area contributed by atoms with Gasteiger partial charge in [0, 0.05) is 24.8 Å². The van der Waals surface area contributed by atoms with Gasteiger partial charge in [-0.25, -0.2) is 4.79 Å². The van der Waals surface area contributed by atoms with Crippen molar-refractivity contribution in [2.45, 2.75) is 18.9 Å². The predicted molar refractivity (Wildman–Crippen MR) is 60.6 cm³/mol. The summed E-state index contributed by atoms with van der Waals surface area (Å²) in [6, 6.07) is 7.38. The Bertz CT molecular complexity index is 412. The molecule has 1 saturated carbocycles. The molecule has 1 aromatic carbocycles. The van der Waals surface area contributed by atoms with Gasteiger partial charge in [0.1, 0.15) is 5.75 Å². The lowest BCUT2D eigenvalue weighted by Crippen LogP contribution is -2.33. The van der Waals surface area contributed by atoms with Gasteiger partial charge >= 0.3 is 6.03 Å². The highest BCUT2D eigenvalue weighted by Gasteiger charge is 2.39. The van der Waals surface area contributed by atoms with Gasteiger partial charge in [-0.3, -0.25) is 4.90 Å². The first-order valence-corrected chi connectivity index (χ1v) is 5.63. The maximum atomic E-state index is 12.1. The fourth-order valence-electron chi connectivity index (χ4n) is 2.15. The Morgan fingerprint density at radius 1 is 1.12 bits per heavy atom. The molecule has 1 aliphatic heterocycles. The van der Waals surface area contributed by atoms with E-state index >= 15 is 0 Å². The number of hydrogen-bond donors (Lipinski definition) is 1. The van der Waals surface area contributed by atoms with Crippen LogP contribution >= 0.6 is 0 Å². The Balaban J connectivity index is 1.80. The van der Waals surface area contributed by atoms with Gasteiger partial charge in [-0.15, -0.1) is 0 Å². The lowest BCUT2D eigenvalue weighted by molar-refractivity contribution is 0.218. The van der Waals surface area contributed by atoms with Crippen LogP contribution in [0.5, 0.6) is 5.75 Å². The average molecular weight is 218 g/mol. The van der Waals surface area contributed by atoms with Crippen LogP contribution in [0, 0.1) is 0 Å². The summed E-state index contributed by atoms with van der Waals surface area (Å²) >= 11 is 0. The van der Waals surface area contributed by atoms with E-state index < -0.39 is 0 Å². The highest BCUT2D eigenvalue weighted by molar-refractivity contribution is 5.94. The second-order valence-electron chi connectivity index (χ2n) is 4.38. The molecule has 1 heterocycles. The number of phenolic OH excluding ortho intramolecular Hbond substituents is 1. The zero-order valence-corrected chi connectivity index (χ0v) is 8.97. The first-order valence-electron chi connectivity index (χ1n) is 5.63. The van der Waals surface area contributed by atoms with Crippen molar-refractivity contribution in [1.29, 1.82) is 0 Å². The van der Waals surface area contributed by atoms with Crippen molar-refractivity contribution in [3.63, 3.8) is 0 Å². The normalized spacial score (nSPS) is 20.6. The van der Waals surface area contributed by atoms with Gasteiger partial charge in [-0.1, -0.05) is 0 Å². The van der Waals surface area contributed by atoms with E-state index in [0.29, 0.717) is 6.04 Å². The Labute approximate surface area is 94.1 Å². The number of carbonyl (C=O) groups is 1. The molecule has 2 amide bonds. The summed E-state index contributed by atoms with van der Waals surface area (Å²) in [6.45, 7) is 1.57.